The Hall–Kier alpha value is -0.120. The average molecular weight is 199 g/mol. The molecule has 0 amide bonds. The number of ether oxygens (including phenoxy) is 1. The first kappa shape index (κ1) is 10.4. The topological polar surface area (TPSA) is 41.5 Å². The molecule has 0 aromatic carbocycles. The van der Waals surface area contributed by atoms with E-state index >= 15 is 0 Å². The van der Waals surface area contributed by atoms with Crippen LogP contribution in [0.5, 0.6) is 0 Å². The minimum absolute atomic E-state index is 0.0375. The van der Waals surface area contributed by atoms with E-state index in [1.54, 1.807) is 0 Å². The summed E-state index contributed by atoms with van der Waals surface area (Å²) in [7, 11) is 0. The molecular formula is C11H21NO2. The molecule has 3 nitrogen and oxygen atoms in total. The van der Waals surface area contributed by atoms with Gasteiger partial charge in [-0.25, -0.2) is 0 Å². The van der Waals surface area contributed by atoms with Gasteiger partial charge in [-0.05, 0) is 44.6 Å². The average Bonchev–Trinajstić information content (AvgIpc) is 2.77. The van der Waals surface area contributed by atoms with Gasteiger partial charge in [0.15, 0.2) is 0 Å². The van der Waals surface area contributed by atoms with E-state index < -0.39 is 0 Å². The maximum Gasteiger partial charge on any atom is 0.0700 e. The Bertz CT molecular complexity index is 169. The van der Waals surface area contributed by atoms with E-state index in [0.29, 0.717) is 12.0 Å². The third-order valence-corrected chi connectivity index (χ3v) is 3.34. The first-order valence-electron chi connectivity index (χ1n) is 5.85. The van der Waals surface area contributed by atoms with Crippen LogP contribution in [0.15, 0.2) is 0 Å². The second kappa shape index (κ2) is 5.10. The van der Waals surface area contributed by atoms with Crippen LogP contribution in [0.1, 0.15) is 32.1 Å². The minimum Gasteiger partial charge on any atom is -0.393 e. The van der Waals surface area contributed by atoms with Crippen LogP contribution in [-0.2, 0) is 4.74 Å². The molecule has 3 atom stereocenters. The van der Waals surface area contributed by atoms with Gasteiger partial charge in [0.25, 0.3) is 0 Å². The van der Waals surface area contributed by atoms with Gasteiger partial charge in [-0.15, -0.1) is 0 Å². The van der Waals surface area contributed by atoms with E-state index in [1.807, 2.05) is 0 Å². The molecule has 82 valence electrons. The highest BCUT2D eigenvalue weighted by Crippen LogP contribution is 2.24. The SMILES string of the molecule is OC1CCC(CNCC2CCCO2)C1. The highest BCUT2D eigenvalue weighted by atomic mass is 16.5. The van der Waals surface area contributed by atoms with Gasteiger partial charge in [-0.3, -0.25) is 0 Å². The van der Waals surface area contributed by atoms with Crippen LogP contribution in [0, 0.1) is 5.92 Å². The maximum atomic E-state index is 9.36. The number of hydrogen-bond acceptors (Lipinski definition) is 3. The number of hydrogen-bond donors (Lipinski definition) is 2. The summed E-state index contributed by atoms with van der Waals surface area (Å²) in [5.41, 5.74) is 0. The van der Waals surface area contributed by atoms with E-state index in [1.165, 1.54) is 19.3 Å². The lowest BCUT2D eigenvalue weighted by molar-refractivity contribution is 0.109. The Kier molecular flexibility index (Phi) is 3.79. The summed E-state index contributed by atoms with van der Waals surface area (Å²) in [5, 5.41) is 12.8. The van der Waals surface area contributed by atoms with Crippen LogP contribution in [0.25, 0.3) is 0 Å². The molecule has 2 rings (SSSR count). The first-order chi connectivity index (χ1) is 6.84. The highest BCUT2D eigenvalue weighted by Gasteiger charge is 2.22. The van der Waals surface area contributed by atoms with Crippen LogP contribution in [-0.4, -0.2) is 37.0 Å². The largest absolute Gasteiger partial charge is 0.393 e. The standard InChI is InChI=1S/C11H21NO2/c13-10-4-3-9(6-10)7-12-8-11-2-1-5-14-11/h9-13H,1-8H2. The predicted molar refractivity (Wildman–Crippen MR) is 55.2 cm³/mol. The molecule has 0 aromatic rings. The van der Waals surface area contributed by atoms with E-state index in [-0.39, 0.29) is 6.10 Å². The third-order valence-electron chi connectivity index (χ3n) is 3.34. The molecule has 14 heavy (non-hydrogen) atoms. The van der Waals surface area contributed by atoms with Crippen LogP contribution < -0.4 is 5.32 Å². The molecule has 3 unspecified atom stereocenters. The van der Waals surface area contributed by atoms with Crippen molar-refractivity contribution < 1.29 is 9.84 Å². The summed E-state index contributed by atoms with van der Waals surface area (Å²) >= 11 is 0. The molecule has 0 spiro atoms. The van der Waals surface area contributed by atoms with E-state index in [0.717, 1.165) is 32.5 Å². The van der Waals surface area contributed by atoms with Crippen molar-refractivity contribution in [2.75, 3.05) is 19.7 Å². The smallest absolute Gasteiger partial charge is 0.0700 e. The Labute approximate surface area is 85.8 Å². The number of aliphatic hydroxyl groups excluding tert-OH is 1. The molecule has 3 heteroatoms. The fraction of sp³-hybridized carbons (Fsp3) is 1.00. The van der Waals surface area contributed by atoms with Crippen molar-refractivity contribution in [3.63, 3.8) is 0 Å². The molecule has 1 aliphatic heterocycles. The lowest BCUT2D eigenvalue weighted by atomic mass is 10.1. The second-order valence-corrected chi connectivity index (χ2v) is 4.63. The monoisotopic (exact) mass is 199 g/mol. The molecule has 2 fully saturated rings. The summed E-state index contributed by atoms with van der Waals surface area (Å²) in [5.74, 6) is 0.686. The normalized spacial score (nSPS) is 37.9. The van der Waals surface area contributed by atoms with Crippen LogP contribution in [0.4, 0.5) is 0 Å². The summed E-state index contributed by atoms with van der Waals surface area (Å²) < 4.78 is 5.53. The second-order valence-electron chi connectivity index (χ2n) is 4.63. The highest BCUT2D eigenvalue weighted by molar-refractivity contribution is 4.77. The zero-order valence-corrected chi connectivity index (χ0v) is 8.74. The molecule has 0 bridgehead atoms. The molecular weight excluding hydrogens is 178 g/mol. The Morgan fingerprint density at radius 1 is 1.21 bits per heavy atom. The van der Waals surface area contributed by atoms with Gasteiger partial charge in [0.05, 0.1) is 12.2 Å². The van der Waals surface area contributed by atoms with Crippen LogP contribution in [0.2, 0.25) is 0 Å². The fourth-order valence-corrected chi connectivity index (χ4v) is 2.49. The van der Waals surface area contributed by atoms with Gasteiger partial charge in [0.1, 0.15) is 0 Å². The van der Waals surface area contributed by atoms with Gasteiger partial charge in [-0.2, -0.15) is 0 Å². The van der Waals surface area contributed by atoms with Gasteiger partial charge >= 0.3 is 0 Å². The van der Waals surface area contributed by atoms with Crippen molar-refractivity contribution in [2.45, 2.75) is 44.3 Å². The van der Waals surface area contributed by atoms with Crippen LogP contribution >= 0.6 is 0 Å². The minimum atomic E-state index is -0.0375. The van der Waals surface area contributed by atoms with Gasteiger partial charge < -0.3 is 15.2 Å². The van der Waals surface area contributed by atoms with Crippen LogP contribution in [0.3, 0.4) is 0 Å². The lowest BCUT2D eigenvalue weighted by Gasteiger charge is -2.14. The van der Waals surface area contributed by atoms with Crippen molar-refractivity contribution >= 4 is 0 Å². The van der Waals surface area contributed by atoms with Crippen molar-refractivity contribution in [3.05, 3.63) is 0 Å². The predicted octanol–water partition coefficient (Wildman–Crippen LogP) is 0.916. The molecule has 1 heterocycles. The van der Waals surface area contributed by atoms with Crippen molar-refractivity contribution in [1.82, 2.24) is 5.32 Å². The first-order valence-corrected chi connectivity index (χ1v) is 5.85. The van der Waals surface area contributed by atoms with Crippen molar-refractivity contribution in [2.24, 2.45) is 5.92 Å². The Morgan fingerprint density at radius 3 is 2.79 bits per heavy atom. The number of nitrogens with one attached hydrogen (secondary N) is 1. The summed E-state index contributed by atoms with van der Waals surface area (Å²) in [6.07, 6.45) is 5.99. The number of aliphatic hydroxyl groups is 1. The third kappa shape index (κ3) is 2.94. The molecule has 1 saturated heterocycles. The molecule has 1 aliphatic carbocycles. The summed E-state index contributed by atoms with van der Waals surface area (Å²) in [6.45, 7) is 2.98. The molecule has 1 saturated carbocycles. The maximum absolute atomic E-state index is 9.36. The van der Waals surface area contributed by atoms with E-state index in [9.17, 15) is 5.11 Å². The van der Waals surface area contributed by atoms with Crippen molar-refractivity contribution in [1.29, 1.82) is 0 Å². The molecule has 2 aliphatic rings. The summed E-state index contributed by atoms with van der Waals surface area (Å²) in [6, 6.07) is 0. The zero-order chi connectivity index (χ0) is 9.80. The molecule has 0 aromatic heterocycles. The lowest BCUT2D eigenvalue weighted by Crippen LogP contribution is -2.30. The van der Waals surface area contributed by atoms with Gasteiger partial charge in [0, 0.05) is 13.2 Å². The Balaban J connectivity index is 1.54. The van der Waals surface area contributed by atoms with E-state index in [4.69, 9.17) is 4.74 Å². The van der Waals surface area contributed by atoms with Gasteiger partial charge in [-0.1, -0.05) is 0 Å². The number of rotatable bonds is 4. The fourth-order valence-electron chi connectivity index (χ4n) is 2.49. The van der Waals surface area contributed by atoms with Crippen molar-refractivity contribution in [3.8, 4) is 0 Å². The Morgan fingerprint density at radius 2 is 2.14 bits per heavy atom. The van der Waals surface area contributed by atoms with E-state index in [2.05, 4.69) is 5.32 Å². The molecule has 2 N–H and O–H groups in total. The zero-order valence-electron chi connectivity index (χ0n) is 8.74. The van der Waals surface area contributed by atoms with Gasteiger partial charge in [0.2, 0.25) is 0 Å². The summed E-state index contributed by atoms with van der Waals surface area (Å²) in [4.78, 5) is 0. The quantitative estimate of drug-likeness (QED) is 0.707. The molecule has 0 radical (unpaired) electrons.